The number of pyridine rings is 1. The van der Waals surface area contributed by atoms with Gasteiger partial charge in [-0.15, -0.1) is 0 Å². The molecule has 0 saturated carbocycles. The number of morpholine rings is 1. The van der Waals surface area contributed by atoms with E-state index in [0.717, 1.165) is 4.90 Å². The highest BCUT2D eigenvalue weighted by Gasteiger charge is 2.47. The summed E-state index contributed by atoms with van der Waals surface area (Å²) in [5.74, 6) is -0.522. The number of aromatic nitrogens is 1. The van der Waals surface area contributed by atoms with Crippen LogP contribution in [0.5, 0.6) is 0 Å². The first-order valence-electron chi connectivity index (χ1n) is 5.42. The van der Waals surface area contributed by atoms with E-state index >= 15 is 0 Å². The Morgan fingerprint density at radius 2 is 1.94 bits per heavy atom. The average Bonchev–Trinajstić information content (AvgIpc) is 2.76. The van der Waals surface area contributed by atoms with Crippen LogP contribution in [0.25, 0.3) is 0 Å². The Hall–Kier alpha value is -1.95. The zero-order valence-corrected chi connectivity index (χ0v) is 9.00. The van der Waals surface area contributed by atoms with Gasteiger partial charge in [-0.2, -0.15) is 0 Å². The van der Waals surface area contributed by atoms with Gasteiger partial charge in [0.25, 0.3) is 11.8 Å². The molecule has 6 heteroatoms. The Bertz CT molecular complexity index is 480. The number of anilines is 2. The quantitative estimate of drug-likeness (QED) is 0.694. The Labute approximate surface area is 97.4 Å². The van der Waals surface area contributed by atoms with Crippen LogP contribution in [0, 0.1) is 0 Å². The molecule has 1 aromatic heterocycles. The van der Waals surface area contributed by atoms with Crippen molar-refractivity contribution in [2.45, 2.75) is 25.0 Å². The van der Waals surface area contributed by atoms with E-state index < -0.39 is 12.2 Å². The van der Waals surface area contributed by atoms with Crippen LogP contribution in [-0.4, -0.2) is 29.0 Å². The summed E-state index contributed by atoms with van der Waals surface area (Å²) in [4.78, 5) is 29.1. The Balaban J connectivity index is 2.05. The maximum absolute atomic E-state index is 12.0. The molecular formula is C11H11N3O3. The molecule has 2 saturated heterocycles. The van der Waals surface area contributed by atoms with Crippen LogP contribution in [0.15, 0.2) is 18.3 Å². The van der Waals surface area contributed by atoms with Gasteiger partial charge in [-0.25, -0.2) is 9.88 Å². The number of hydrogen-bond acceptors (Lipinski definition) is 5. The second-order valence-electron chi connectivity index (χ2n) is 4.12. The van der Waals surface area contributed by atoms with Gasteiger partial charge >= 0.3 is 0 Å². The second-order valence-corrected chi connectivity index (χ2v) is 4.12. The third kappa shape index (κ3) is 1.41. The first-order chi connectivity index (χ1) is 8.18. The predicted molar refractivity (Wildman–Crippen MR) is 59.0 cm³/mol. The lowest BCUT2D eigenvalue weighted by Crippen LogP contribution is -2.52. The van der Waals surface area contributed by atoms with Crippen molar-refractivity contribution in [3.63, 3.8) is 0 Å². The molecule has 3 heterocycles. The summed E-state index contributed by atoms with van der Waals surface area (Å²) in [6, 6.07) is 3.27. The molecule has 0 aliphatic carbocycles. The van der Waals surface area contributed by atoms with Crippen LogP contribution in [0.3, 0.4) is 0 Å². The van der Waals surface area contributed by atoms with Crippen LogP contribution in [0.2, 0.25) is 0 Å². The normalized spacial score (nSPS) is 27.6. The molecule has 1 aromatic rings. The predicted octanol–water partition coefficient (Wildman–Crippen LogP) is 0.0846. The first-order valence-corrected chi connectivity index (χ1v) is 5.42. The zero-order valence-electron chi connectivity index (χ0n) is 9.00. The average molecular weight is 233 g/mol. The molecule has 0 aromatic carbocycles. The van der Waals surface area contributed by atoms with Gasteiger partial charge in [0.15, 0.2) is 5.82 Å². The summed E-state index contributed by atoms with van der Waals surface area (Å²) in [6.45, 7) is 0. The van der Waals surface area contributed by atoms with E-state index in [-0.39, 0.29) is 17.6 Å². The molecule has 2 aliphatic rings. The van der Waals surface area contributed by atoms with Crippen molar-refractivity contribution in [2.24, 2.45) is 0 Å². The molecule has 2 amide bonds. The lowest BCUT2D eigenvalue weighted by Gasteiger charge is -2.29. The van der Waals surface area contributed by atoms with Crippen molar-refractivity contribution in [3.8, 4) is 0 Å². The molecule has 0 spiro atoms. The highest BCUT2D eigenvalue weighted by Crippen LogP contribution is 2.32. The lowest BCUT2D eigenvalue weighted by molar-refractivity contribution is -0.146. The van der Waals surface area contributed by atoms with Crippen LogP contribution < -0.4 is 10.6 Å². The van der Waals surface area contributed by atoms with Crippen LogP contribution >= 0.6 is 0 Å². The van der Waals surface area contributed by atoms with E-state index in [4.69, 9.17) is 10.5 Å². The molecule has 2 N–H and O–H groups in total. The van der Waals surface area contributed by atoms with Crippen molar-refractivity contribution in [1.29, 1.82) is 0 Å². The van der Waals surface area contributed by atoms with E-state index in [9.17, 15) is 9.59 Å². The van der Waals surface area contributed by atoms with Gasteiger partial charge in [0.05, 0.1) is 5.69 Å². The third-order valence-corrected chi connectivity index (χ3v) is 3.04. The molecule has 3 rings (SSSR count). The fourth-order valence-electron chi connectivity index (χ4n) is 2.20. The van der Waals surface area contributed by atoms with Gasteiger partial charge in [-0.1, -0.05) is 0 Å². The monoisotopic (exact) mass is 233 g/mol. The van der Waals surface area contributed by atoms with E-state index in [1.54, 1.807) is 12.1 Å². The van der Waals surface area contributed by atoms with Gasteiger partial charge in [0, 0.05) is 6.20 Å². The molecule has 6 nitrogen and oxygen atoms in total. The molecular weight excluding hydrogens is 222 g/mol. The minimum absolute atomic E-state index is 0.211. The highest BCUT2D eigenvalue weighted by molar-refractivity contribution is 6.20. The maximum atomic E-state index is 12.0. The van der Waals surface area contributed by atoms with Gasteiger partial charge in [-0.05, 0) is 25.0 Å². The minimum atomic E-state index is -0.529. The van der Waals surface area contributed by atoms with Crippen LogP contribution in [0.4, 0.5) is 11.5 Å². The van der Waals surface area contributed by atoms with Gasteiger partial charge in [0.1, 0.15) is 12.2 Å². The van der Waals surface area contributed by atoms with Crippen molar-refractivity contribution in [3.05, 3.63) is 18.3 Å². The number of rotatable bonds is 1. The molecule has 2 bridgehead atoms. The number of hydrogen-bond donors (Lipinski definition) is 1. The van der Waals surface area contributed by atoms with Crippen molar-refractivity contribution < 1.29 is 14.3 Å². The summed E-state index contributed by atoms with van der Waals surface area (Å²) < 4.78 is 5.30. The van der Waals surface area contributed by atoms with Crippen molar-refractivity contribution in [2.75, 3.05) is 10.6 Å². The second kappa shape index (κ2) is 3.53. The number of nitrogens with two attached hydrogens (primary N) is 1. The largest absolute Gasteiger partial charge is 0.396 e. The Morgan fingerprint density at radius 1 is 1.29 bits per heavy atom. The first kappa shape index (κ1) is 10.2. The highest BCUT2D eigenvalue weighted by atomic mass is 16.5. The number of carbonyl (C=O) groups is 2. The molecule has 17 heavy (non-hydrogen) atoms. The summed E-state index contributed by atoms with van der Waals surface area (Å²) in [6.07, 6.45) is 1.61. The summed E-state index contributed by atoms with van der Waals surface area (Å²) >= 11 is 0. The minimum Gasteiger partial charge on any atom is -0.396 e. The fourth-order valence-corrected chi connectivity index (χ4v) is 2.20. The number of nitrogens with zero attached hydrogens (tertiary/aromatic N) is 2. The SMILES string of the molecule is Nc1cccnc1N1C(=O)C2CCC(O2)C1=O. The molecule has 88 valence electrons. The fraction of sp³-hybridized carbons (Fsp3) is 0.364. The Kier molecular flexibility index (Phi) is 2.12. The van der Waals surface area contributed by atoms with Crippen LogP contribution in [-0.2, 0) is 14.3 Å². The van der Waals surface area contributed by atoms with Gasteiger partial charge in [-0.3, -0.25) is 9.59 Å². The topological polar surface area (TPSA) is 85.5 Å². The summed E-state index contributed by atoms with van der Waals surface area (Å²) in [5, 5.41) is 0. The molecule has 2 unspecified atom stereocenters. The van der Waals surface area contributed by atoms with E-state index in [0.29, 0.717) is 18.5 Å². The van der Waals surface area contributed by atoms with Gasteiger partial charge in [0.2, 0.25) is 0 Å². The zero-order chi connectivity index (χ0) is 12.0. The molecule has 0 radical (unpaired) electrons. The standard InChI is InChI=1S/C11H11N3O3/c12-6-2-1-5-13-9(6)14-10(15)7-3-4-8(17-7)11(14)16/h1-2,5,7-8H,3-4,12H2. The van der Waals surface area contributed by atoms with Crippen LogP contribution in [0.1, 0.15) is 12.8 Å². The van der Waals surface area contributed by atoms with Crippen molar-refractivity contribution >= 4 is 23.3 Å². The number of ether oxygens (including phenoxy) is 1. The van der Waals surface area contributed by atoms with Crippen molar-refractivity contribution in [1.82, 2.24) is 4.98 Å². The number of fused-ring (bicyclic) bond motifs is 2. The smallest absolute Gasteiger partial charge is 0.264 e. The van der Waals surface area contributed by atoms with E-state index in [2.05, 4.69) is 4.98 Å². The number of nitrogen functional groups attached to an aromatic ring is 1. The molecule has 2 aliphatic heterocycles. The molecule has 2 atom stereocenters. The number of carbonyl (C=O) groups excluding carboxylic acids is 2. The third-order valence-electron chi connectivity index (χ3n) is 3.04. The molecule has 2 fully saturated rings. The lowest BCUT2D eigenvalue weighted by atomic mass is 10.2. The maximum Gasteiger partial charge on any atom is 0.264 e. The summed E-state index contributed by atoms with van der Waals surface area (Å²) in [5.41, 5.74) is 6.05. The number of imide groups is 1. The van der Waals surface area contributed by atoms with E-state index in [1.165, 1.54) is 6.20 Å². The van der Waals surface area contributed by atoms with E-state index in [1.807, 2.05) is 0 Å². The number of amides is 2. The Morgan fingerprint density at radius 3 is 2.53 bits per heavy atom. The van der Waals surface area contributed by atoms with Gasteiger partial charge < -0.3 is 10.5 Å². The summed E-state index contributed by atoms with van der Waals surface area (Å²) in [7, 11) is 0.